The molecular weight excluding hydrogens is 409 g/mol. The molecule has 2 heterocycles. The minimum Gasteiger partial charge on any atom is -0.453 e. The average molecular weight is 441 g/mol. The van der Waals surface area contributed by atoms with E-state index < -0.39 is 7.12 Å². The highest BCUT2D eigenvalue weighted by molar-refractivity contribution is 6.62. The van der Waals surface area contributed by atoms with Crippen molar-refractivity contribution in [2.75, 3.05) is 4.90 Å². The van der Waals surface area contributed by atoms with Crippen molar-refractivity contribution in [2.45, 2.75) is 65.1 Å². The fourth-order valence-corrected chi connectivity index (χ4v) is 4.29. The number of para-hydroxylation sites is 2. The highest BCUT2D eigenvalue weighted by atomic mass is 16.7. The van der Waals surface area contributed by atoms with Crippen molar-refractivity contribution < 1.29 is 14.0 Å². The molecule has 3 aromatic rings. The van der Waals surface area contributed by atoms with Crippen molar-refractivity contribution >= 4 is 29.6 Å². The molecule has 2 aliphatic heterocycles. The van der Waals surface area contributed by atoms with Crippen molar-refractivity contribution in [3.63, 3.8) is 0 Å². The van der Waals surface area contributed by atoms with E-state index in [1.54, 1.807) is 0 Å². The van der Waals surface area contributed by atoms with E-state index in [2.05, 4.69) is 95.8 Å². The van der Waals surface area contributed by atoms with Crippen LogP contribution in [0.1, 0.15) is 54.0 Å². The molecule has 3 aromatic carbocycles. The van der Waals surface area contributed by atoms with Crippen LogP contribution in [0.25, 0.3) is 0 Å². The van der Waals surface area contributed by atoms with Crippen LogP contribution in [-0.4, -0.2) is 18.3 Å². The largest absolute Gasteiger partial charge is 0.494 e. The third kappa shape index (κ3) is 3.73. The van der Waals surface area contributed by atoms with Gasteiger partial charge in [-0.1, -0.05) is 51.1 Å². The molecule has 5 heteroatoms. The Morgan fingerprint density at radius 3 is 1.97 bits per heavy atom. The molecule has 0 saturated carbocycles. The molecule has 4 nitrogen and oxygen atoms in total. The van der Waals surface area contributed by atoms with Gasteiger partial charge in [-0.15, -0.1) is 0 Å². The van der Waals surface area contributed by atoms with Crippen molar-refractivity contribution in [2.24, 2.45) is 0 Å². The van der Waals surface area contributed by atoms with Crippen molar-refractivity contribution in [1.82, 2.24) is 0 Å². The first kappa shape index (κ1) is 22.1. The van der Waals surface area contributed by atoms with Gasteiger partial charge in [0, 0.05) is 5.69 Å². The Balaban J connectivity index is 1.56. The molecule has 0 bridgehead atoms. The third-order valence-corrected chi connectivity index (χ3v) is 7.07. The van der Waals surface area contributed by atoms with E-state index >= 15 is 0 Å². The van der Waals surface area contributed by atoms with Crippen LogP contribution in [0.4, 0.5) is 17.1 Å². The molecule has 0 N–H and O–H groups in total. The smallest absolute Gasteiger partial charge is 0.453 e. The maximum atomic E-state index is 6.36. The van der Waals surface area contributed by atoms with Gasteiger partial charge < -0.3 is 18.9 Å². The molecule has 2 aliphatic rings. The lowest BCUT2D eigenvalue weighted by atomic mass is 9.78. The first-order valence-corrected chi connectivity index (χ1v) is 11.6. The van der Waals surface area contributed by atoms with Crippen LogP contribution in [0.2, 0.25) is 0 Å². The molecule has 170 valence electrons. The number of nitrogens with zero attached hydrogens (tertiary/aromatic N) is 1. The molecule has 1 saturated heterocycles. The molecule has 1 fully saturated rings. The van der Waals surface area contributed by atoms with E-state index in [1.807, 2.05) is 24.3 Å². The van der Waals surface area contributed by atoms with Crippen LogP contribution < -0.4 is 15.1 Å². The minimum atomic E-state index is -0.430. The predicted octanol–water partition coefficient (Wildman–Crippen LogP) is 6.86. The fraction of sp³-hybridized carbons (Fsp3) is 0.357. The highest BCUT2D eigenvalue weighted by Gasteiger charge is 2.52. The van der Waals surface area contributed by atoms with E-state index in [4.69, 9.17) is 14.0 Å². The molecule has 5 rings (SSSR count). The number of hydrogen-bond donors (Lipinski definition) is 0. The predicted molar refractivity (Wildman–Crippen MR) is 136 cm³/mol. The zero-order valence-corrected chi connectivity index (χ0v) is 20.6. The molecule has 0 aliphatic carbocycles. The summed E-state index contributed by atoms with van der Waals surface area (Å²) in [7, 11) is -0.430. The summed E-state index contributed by atoms with van der Waals surface area (Å²) < 4.78 is 18.9. The minimum absolute atomic E-state index is 0.108. The first-order chi connectivity index (χ1) is 15.5. The van der Waals surface area contributed by atoms with E-state index in [0.717, 1.165) is 34.0 Å². The Morgan fingerprint density at radius 1 is 0.727 bits per heavy atom. The first-order valence-electron chi connectivity index (χ1n) is 11.6. The maximum absolute atomic E-state index is 6.36. The van der Waals surface area contributed by atoms with Crippen LogP contribution >= 0.6 is 0 Å². The van der Waals surface area contributed by atoms with Gasteiger partial charge in [-0.2, -0.15) is 0 Å². The lowest BCUT2D eigenvalue weighted by Crippen LogP contribution is -2.41. The molecule has 0 amide bonds. The quantitative estimate of drug-likeness (QED) is 0.318. The van der Waals surface area contributed by atoms with E-state index in [9.17, 15) is 0 Å². The summed E-state index contributed by atoms with van der Waals surface area (Å²) >= 11 is 0. The van der Waals surface area contributed by atoms with Crippen molar-refractivity contribution in [3.05, 3.63) is 72.3 Å². The Morgan fingerprint density at radius 2 is 1.33 bits per heavy atom. The second-order valence-corrected chi connectivity index (χ2v) is 11.0. The van der Waals surface area contributed by atoms with Gasteiger partial charge in [-0.3, -0.25) is 0 Å². The summed E-state index contributed by atoms with van der Waals surface area (Å²) in [6.45, 7) is 15.0. The summed E-state index contributed by atoms with van der Waals surface area (Å²) in [4.78, 5) is 2.26. The fourth-order valence-electron chi connectivity index (χ4n) is 4.29. The molecule has 0 unspecified atom stereocenters. The van der Waals surface area contributed by atoms with Gasteiger partial charge in [0.1, 0.15) is 0 Å². The monoisotopic (exact) mass is 441 g/mol. The number of rotatable bonds is 2. The van der Waals surface area contributed by atoms with Gasteiger partial charge >= 0.3 is 7.12 Å². The molecule has 0 atom stereocenters. The van der Waals surface area contributed by atoms with Crippen molar-refractivity contribution in [1.29, 1.82) is 0 Å². The van der Waals surface area contributed by atoms with Gasteiger partial charge in [-0.05, 0) is 80.5 Å². The summed E-state index contributed by atoms with van der Waals surface area (Å²) in [6, 6.07) is 23.2. The molecule has 0 spiro atoms. The number of benzene rings is 3. The van der Waals surface area contributed by atoms with E-state index in [0.29, 0.717) is 0 Å². The number of fused-ring (bicyclic) bond motifs is 2. The molecular formula is C28H32BNO3. The molecule has 0 radical (unpaired) electrons. The van der Waals surface area contributed by atoms with Gasteiger partial charge in [0.15, 0.2) is 11.5 Å². The molecule has 33 heavy (non-hydrogen) atoms. The number of ether oxygens (including phenoxy) is 1. The van der Waals surface area contributed by atoms with E-state index in [-0.39, 0.29) is 16.6 Å². The second kappa shape index (κ2) is 7.38. The van der Waals surface area contributed by atoms with Gasteiger partial charge in [-0.25, -0.2) is 0 Å². The van der Waals surface area contributed by atoms with Crippen molar-refractivity contribution in [3.8, 4) is 11.5 Å². The van der Waals surface area contributed by atoms with Crippen LogP contribution in [-0.2, 0) is 14.7 Å². The Kier molecular flexibility index (Phi) is 4.93. The normalized spacial score (nSPS) is 18.5. The van der Waals surface area contributed by atoms with E-state index in [1.165, 1.54) is 5.56 Å². The van der Waals surface area contributed by atoms with Crippen LogP contribution in [0, 0.1) is 0 Å². The van der Waals surface area contributed by atoms with Gasteiger partial charge in [0.25, 0.3) is 0 Å². The second-order valence-electron chi connectivity index (χ2n) is 11.0. The average Bonchev–Trinajstić information content (AvgIpc) is 2.98. The lowest BCUT2D eigenvalue weighted by molar-refractivity contribution is 0.00578. The third-order valence-electron chi connectivity index (χ3n) is 7.07. The SMILES string of the molecule is CC(C)(C)c1ccc(N2c3ccccc3Oc3cc(B4OC(C)(C)C(C)(C)O4)ccc32)cc1. The highest BCUT2D eigenvalue weighted by Crippen LogP contribution is 2.50. The maximum Gasteiger partial charge on any atom is 0.494 e. The number of anilines is 3. The topological polar surface area (TPSA) is 30.9 Å². The van der Waals surface area contributed by atoms with Crippen LogP contribution in [0.5, 0.6) is 11.5 Å². The Bertz CT molecular complexity index is 1180. The zero-order chi connectivity index (χ0) is 23.6. The zero-order valence-electron chi connectivity index (χ0n) is 20.6. The number of hydrogen-bond acceptors (Lipinski definition) is 4. The summed E-state index contributed by atoms with van der Waals surface area (Å²) in [6.07, 6.45) is 0. The standard InChI is InChI=1S/C28H32BNO3/c1-26(2,3)19-12-15-21(16-13-19)30-22-10-8-9-11-24(22)31-25-18-20(14-17-23(25)30)29-32-27(4,5)28(6,7)33-29/h8-18H,1-7H3. The molecule has 0 aromatic heterocycles. The summed E-state index contributed by atoms with van der Waals surface area (Å²) in [5.41, 5.74) is 4.72. The van der Waals surface area contributed by atoms with Crippen LogP contribution in [0.3, 0.4) is 0 Å². The Labute approximate surface area is 197 Å². The van der Waals surface area contributed by atoms with Gasteiger partial charge in [0.2, 0.25) is 0 Å². The summed E-state index contributed by atoms with van der Waals surface area (Å²) in [5.74, 6) is 1.62. The van der Waals surface area contributed by atoms with Gasteiger partial charge in [0.05, 0.1) is 22.6 Å². The van der Waals surface area contributed by atoms with Crippen LogP contribution in [0.15, 0.2) is 66.7 Å². The lowest BCUT2D eigenvalue weighted by Gasteiger charge is -2.33. The Hall–Kier alpha value is -2.76. The summed E-state index contributed by atoms with van der Waals surface area (Å²) in [5, 5.41) is 0.